The average molecular weight is 248 g/mol. The summed E-state index contributed by atoms with van der Waals surface area (Å²) >= 11 is 0. The molecule has 0 bridgehead atoms. The number of sulfone groups is 1. The maximum atomic E-state index is 13.7. The first kappa shape index (κ1) is 12.9. The van der Waals surface area contributed by atoms with Gasteiger partial charge in [0.15, 0.2) is 9.84 Å². The number of benzene rings is 1. The van der Waals surface area contributed by atoms with Crippen molar-refractivity contribution >= 4 is 9.84 Å². The number of aliphatic hydroxyl groups is 1. The fourth-order valence-corrected chi connectivity index (χ4v) is 2.32. The third kappa shape index (κ3) is 2.70. The van der Waals surface area contributed by atoms with Crippen LogP contribution in [0.2, 0.25) is 0 Å². The van der Waals surface area contributed by atoms with E-state index in [4.69, 9.17) is 5.11 Å². The number of phenolic OH excluding ortho intramolecular Hbond substituents is 1. The van der Waals surface area contributed by atoms with Gasteiger partial charge in [0.05, 0.1) is 6.10 Å². The summed E-state index contributed by atoms with van der Waals surface area (Å²) in [5, 5.41) is 18.4. The van der Waals surface area contributed by atoms with E-state index in [0.29, 0.717) is 0 Å². The van der Waals surface area contributed by atoms with Crippen LogP contribution in [0.25, 0.3) is 0 Å². The maximum Gasteiger partial charge on any atom is 0.182 e. The van der Waals surface area contributed by atoms with Crippen molar-refractivity contribution in [1.82, 2.24) is 0 Å². The molecule has 1 atom stereocenters. The van der Waals surface area contributed by atoms with Crippen LogP contribution in [-0.4, -0.2) is 31.0 Å². The molecule has 0 aliphatic heterocycles. The summed E-state index contributed by atoms with van der Waals surface area (Å²) < 4.78 is 36.2. The van der Waals surface area contributed by atoms with Gasteiger partial charge in [-0.05, 0) is 18.6 Å². The van der Waals surface area contributed by atoms with E-state index < -0.39 is 32.4 Å². The smallest absolute Gasteiger partial charge is 0.182 e. The molecular weight excluding hydrogens is 235 g/mol. The van der Waals surface area contributed by atoms with Crippen LogP contribution in [0, 0.1) is 5.82 Å². The molecule has 2 N–H and O–H groups in total. The lowest BCUT2D eigenvalue weighted by Crippen LogP contribution is -2.09. The SMILES string of the molecule is CC(O)Cc1ccc(O)c(S(C)(=O)=O)c1F. The summed E-state index contributed by atoms with van der Waals surface area (Å²) in [6, 6.07) is 2.36. The fourth-order valence-electron chi connectivity index (χ4n) is 1.42. The van der Waals surface area contributed by atoms with Crippen molar-refractivity contribution in [1.29, 1.82) is 0 Å². The average Bonchev–Trinajstić information content (AvgIpc) is 2.07. The highest BCUT2D eigenvalue weighted by Crippen LogP contribution is 2.28. The maximum absolute atomic E-state index is 13.7. The van der Waals surface area contributed by atoms with Gasteiger partial charge in [0.1, 0.15) is 16.5 Å². The quantitative estimate of drug-likeness (QED) is 0.832. The second-order valence-corrected chi connectivity index (χ2v) is 5.66. The number of halogens is 1. The summed E-state index contributed by atoms with van der Waals surface area (Å²) in [6.45, 7) is 1.46. The molecule has 6 heteroatoms. The van der Waals surface area contributed by atoms with Crippen LogP contribution < -0.4 is 0 Å². The number of hydrogen-bond acceptors (Lipinski definition) is 4. The summed E-state index contributed by atoms with van der Waals surface area (Å²) in [7, 11) is -3.83. The molecule has 0 aromatic heterocycles. The van der Waals surface area contributed by atoms with E-state index in [1.807, 2.05) is 0 Å². The summed E-state index contributed by atoms with van der Waals surface area (Å²) in [5.74, 6) is -1.61. The Morgan fingerprint density at radius 2 is 2.00 bits per heavy atom. The summed E-state index contributed by atoms with van der Waals surface area (Å²) in [4.78, 5) is -0.717. The Hall–Kier alpha value is -1.14. The monoisotopic (exact) mass is 248 g/mol. The first-order valence-corrected chi connectivity index (χ1v) is 6.51. The minimum Gasteiger partial charge on any atom is -0.506 e. The molecule has 0 fully saturated rings. The molecule has 1 aromatic carbocycles. The van der Waals surface area contributed by atoms with Crippen LogP contribution in [0.1, 0.15) is 12.5 Å². The third-order valence-electron chi connectivity index (χ3n) is 2.04. The Labute approximate surface area is 93.3 Å². The highest BCUT2D eigenvalue weighted by molar-refractivity contribution is 7.90. The predicted molar refractivity (Wildman–Crippen MR) is 56.6 cm³/mol. The van der Waals surface area contributed by atoms with E-state index in [2.05, 4.69) is 0 Å². The largest absolute Gasteiger partial charge is 0.506 e. The Balaban J connectivity index is 3.39. The molecule has 16 heavy (non-hydrogen) atoms. The highest BCUT2D eigenvalue weighted by Gasteiger charge is 2.22. The zero-order valence-corrected chi connectivity index (χ0v) is 9.75. The number of hydrogen-bond donors (Lipinski definition) is 2. The van der Waals surface area contributed by atoms with Crippen LogP contribution in [0.5, 0.6) is 5.75 Å². The number of rotatable bonds is 3. The van der Waals surface area contributed by atoms with Gasteiger partial charge in [0.2, 0.25) is 0 Å². The summed E-state index contributed by atoms with van der Waals surface area (Å²) in [5.41, 5.74) is 0.0632. The van der Waals surface area contributed by atoms with Gasteiger partial charge in [-0.2, -0.15) is 0 Å². The van der Waals surface area contributed by atoms with Crippen molar-refractivity contribution in [2.75, 3.05) is 6.26 Å². The van der Waals surface area contributed by atoms with E-state index in [1.54, 1.807) is 0 Å². The molecule has 1 unspecified atom stereocenters. The number of aliphatic hydroxyl groups excluding tert-OH is 1. The minimum absolute atomic E-state index is 0.00532. The first-order chi connectivity index (χ1) is 7.23. The van der Waals surface area contributed by atoms with E-state index >= 15 is 0 Å². The Bertz CT molecular complexity index is 494. The normalized spacial score (nSPS) is 13.8. The molecular formula is C10H13FO4S. The van der Waals surface area contributed by atoms with Gasteiger partial charge in [0.25, 0.3) is 0 Å². The minimum atomic E-state index is -3.83. The van der Waals surface area contributed by atoms with Crippen molar-refractivity contribution in [3.05, 3.63) is 23.5 Å². The second kappa shape index (κ2) is 4.39. The van der Waals surface area contributed by atoms with Crippen molar-refractivity contribution in [2.24, 2.45) is 0 Å². The van der Waals surface area contributed by atoms with Gasteiger partial charge >= 0.3 is 0 Å². The second-order valence-electron chi connectivity index (χ2n) is 3.71. The first-order valence-electron chi connectivity index (χ1n) is 4.62. The van der Waals surface area contributed by atoms with Crippen LogP contribution in [0.15, 0.2) is 17.0 Å². The van der Waals surface area contributed by atoms with E-state index in [1.165, 1.54) is 13.0 Å². The standard InChI is InChI=1S/C10H13FO4S/c1-6(12)5-7-3-4-8(13)10(9(7)11)16(2,14)15/h3-4,6,12-13H,5H2,1-2H3. The molecule has 0 amide bonds. The van der Waals surface area contributed by atoms with Gasteiger partial charge in [-0.15, -0.1) is 0 Å². The van der Waals surface area contributed by atoms with Crippen LogP contribution >= 0.6 is 0 Å². The predicted octanol–water partition coefficient (Wildman–Crippen LogP) is 0.858. The molecule has 0 saturated carbocycles. The molecule has 0 heterocycles. The zero-order valence-electron chi connectivity index (χ0n) is 8.94. The number of phenols is 1. The molecule has 0 spiro atoms. The fraction of sp³-hybridized carbons (Fsp3) is 0.400. The molecule has 1 aromatic rings. The highest BCUT2D eigenvalue weighted by atomic mass is 32.2. The zero-order chi connectivity index (χ0) is 12.5. The lowest BCUT2D eigenvalue weighted by molar-refractivity contribution is 0.193. The Kier molecular flexibility index (Phi) is 3.54. The molecule has 0 radical (unpaired) electrons. The van der Waals surface area contributed by atoms with Crippen molar-refractivity contribution in [3.8, 4) is 5.75 Å². The van der Waals surface area contributed by atoms with Crippen LogP contribution in [0.4, 0.5) is 4.39 Å². The third-order valence-corrected chi connectivity index (χ3v) is 3.17. The van der Waals surface area contributed by atoms with Crippen molar-refractivity contribution < 1.29 is 23.0 Å². The van der Waals surface area contributed by atoms with E-state index in [9.17, 15) is 17.9 Å². The van der Waals surface area contributed by atoms with Gasteiger partial charge < -0.3 is 10.2 Å². The molecule has 0 saturated heterocycles. The molecule has 1 rings (SSSR count). The van der Waals surface area contributed by atoms with Crippen molar-refractivity contribution in [2.45, 2.75) is 24.3 Å². The lowest BCUT2D eigenvalue weighted by atomic mass is 10.1. The molecule has 0 aliphatic carbocycles. The molecule has 0 aliphatic rings. The van der Waals surface area contributed by atoms with Crippen LogP contribution in [-0.2, 0) is 16.3 Å². The van der Waals surface area contributed by atoms with Gasteiger partial charge in [0, 0.05) is 12.7 Å². The molecule has 90 valence electrons. The van der Waals surface area contributed by atoms with Gasteiger partial charge in [-0.25, -0.2) is 12.8 Å². The van der Waals surface area contributed by atoms with Gasteiger partial charge in [-0.3, -0.25) is 0 Å². The topological polar surface area (TPSA) is 74.6 Å². The number of aromatic hydroxyl groups is 1. The van der Waals surface area contributed by atoms with Gasteiger partial charge in [-0.1, -0.05) is 6.07 Å². The molecule has 4 nitrogen and oxygen atoms in total. The van der Waals surface area contributed by atoms with E-state index in [0.717, 1.165) is 12.3 Å². The van der Waals surface area contributed by atoms with Crippen LogP contribution in [0.3, 0.4) is 0 Å². The summed E-state index contributed by atoms with van der Waals surface area (Å²) in [6.07, 6.45) is 0.0257. The Morgan fingerprint density at radius 1 is 1.44 bits per heavy atom. The van der Waals surface area contributed by atoms with E-state index in [-0.39, 0.29) is 12.0 Å². The van der Waals surface area contributed by atoms with Crippen molar-refractivity contribution in [3.63, 3.8) is 0 Å². The Morgan fingerprint density at radius 3 is 2.44 bits per heavy atom. The lowest BCUT2D eigenvalue weighted by Gasteiger charge is -2.10.